The summed E-state index contributed by atoms with van der Waals surface area (Å²) in [7, 11) is 0. The van der Waals surface area contributed by atoms with Gasteiger partial charge < -0.3 is 4.74 Å². The van der Waals surface area contributed by atoms with E-state index in [0.29, 0.717) is 18.8 Å². The molecule has 2 aromatic heterocycles. The molecule has 7 heteroatoms. The Morgan fingerprint density at radius 1 is 1.55 bits per heavy atom. The molecule has 2 rings (SSSR count). The van der Waals surface area contributed by atoms with Crippen LogP contribution in [0.1, 0.15) is 47.7 Å². The molecule has 0 amide bonds. The van der Waals surface area contributed by atoms with Crippen molar-refractivity contribution in [1.82, 2.24) is 15.0 Å². The van der Waals surface area contributed by atoms with Gasteiger partial charge in [-0.15, -0.1) is 16.4 Å². The van der Waals surface area contributed by atoms with Crippen LogP contribution in [-0.4, -0.2) is 27.6 Å². The van der Waals surface area contributed by atoms with Gasteiger partial charge in [-0.3, -0.25) is 0 Å². The van der Waals surface area contributed by atoms with E-state index in [2.05, 4.69) is 26.2 Å². The third-order valence-corrected chi connectivity index (χ3v) is 4.68. The highest BCUT2D eigenvalue weighted by molar-refractivity contribution is 9.10. The lowest BCUT2D eigenvalue weighted by atomic mass is 10.1. The molecule has 0 spiro atoms. The van der Waals surface area contributed by atoms with E-state index in [1.54, 1.807) is 22.9 Å². The fourth-order valence-corrected chi connectivity index (χ4v) is 3.39. The molecular weight excluding hydrogens is 342 g/mol. The number of halogens is 1. The molecule has 0 aliphatic heterocycles. The van der Waals surface area contributed by atoms with Crippen molar-refractivity contribution in [3.63, 3.8) is 0 Å². The van der Waals surface area contributed by atoms with Crippen LogP contribution < -0.4 is 0 Å². The fourth-order valence-electron chi connectivity index (χ4n) is 1.93. The molecule has 2 aromatic rings. The van der Waals surface area contributed by atoms with Crippen LogP contribution in [0.3, 0.4) is 0 Å². The van der Waals surface area contributed by atoms with Gasteiger partial charge in [0.25, 0.3) is 0 Å². The number of ether oxygens (including phenoxy) is 1. The quantitative estimate of drug-likeness (QED) is 0.769. The first-order chi connectivity index (χ1) is 9.54. The second kappa shape index (κ2) is 6.49. The number of nitrogens with zero attached hydrogens (tertiary/aromatic N) is 3. The van der Waals surface area contributed by atoms with Gasteiger partial charge in [0, 0.05) is 9.35 Å². The average molecular weight is 358 g/mol. The van der Waals surface area contributed by atoms with E-state index < -0.39 is 5.97 Å². The number of aromatic nitrogens is 3. The summed E-state index contributed by atoms with van der Waals surface area (Å²) in [4.78, 5) is 13.1. The van der Waals surface area contributed by atoms with Gasteiger partial charge in [-0.25, -0.2) is 9.48 Å². The van der Waals surface area contributed by atoms with Crippen LogP contribution in [0.15, 0.2) is 15.9 Å². The van der Waals surface area contributed by atoms with Gasteiger partial charge in [0.15, 0.2) is 5.69 Å². The van der Waals surface area contributed by atoms with Gasteiger partial charge in [0.2, 0.25) is 0 Å². The van der Waals surface area contributed by atoms with Crippen LogP contribution in [0.25, 0.3) is 0 Å². The summed E-state index contributed by atoms with van der Waals surface area (Å²) >= 11 is 5.14. The summed E-state index contributed by atoms with van der Waals surface area (Å²) in [5.74, 6) is -0.268. The normalized spacial score (nSPS) is 11.1. The number of thiophene rings is 1. The third kappa shape index (κ3) is 3.09. The maximum Gasteiger partial charge on any atom is 0.360 e. The molecule has 0 saturated carbocycles. The van der Waals surface area contributed by atoms with Gasteiger partial charge in [-0.05, 0) is 40.2 Å². The second-order valence-electron chi connectivity index (χ2n) is 4.55. The van der Waals surface area contributed by atoms with Crippen LogP contribution >= 0.6 is 27.3 Å². The molecule has 0 aliphatic carbocycles. The van der Waals surface area contributed by atoms with Crippen molar-refractivity contribution in [3.05, 3.63) is 32.2 Å². The minimum absolute atomic E-state index is 0.142. The molecule has 108 valence electrons. The van der Waals surface area contributed by atoms with Gasteiger partial charge in [-0.2, -0.15) is 0 Å². The van der Waals surface area contributed by atoms with Crippen molar-refractivity contribution < 1.29 is 9.53 Å². The molecule has 0 N–H and O–H groups in total. The van der Waals surface area contributed by atoms with E-state index in [0.717, 1.165) is 15.0 Å². The zero-order chi connectivity index (χ0) is 14.7. The van der Waals surface area contributed by atoms with Crippen molar-refractivity contribution in [3.8, 4) is 0 Å². The number of carbonyl (C=O) groups excluding carboxylic acids is 1. The largest absolute Gasteiger partial charge is 0.461 e. The molecule has 2 heterocycles. The van der Waals surface area contributed by atoms with Crippen LogP contribution in [0.2, 0.25) is 0 Å². The Morgan fingerprint density at radius 2 is 2.30 bits per heavy atom. The summed E-state index contributed by atoms with van der Waals surface area (Å²) in [5, 5.41) is 10.1. The Bertz CT molecular complexity index is 607. The van der Waals surface area contributed by atoms with Gasteiger partial charge in [0.05, 0.1) is 18.8 Å². The van der Waals surface area contributed by atoms with Crippen molar-refractivity contribution >= 4 is 33.2 Å². The number of carbonyl (C=O) groups is 1. The molecule has 0 aliphatic rings. The third-order valence-electron chi connectivity index (χ3n) is 2.77. The fraction of sp³-hybridized carbons (Fsp3) is 0.462. The van der Waals surface area contributed by atoms with Crippen LogP contribution in [0.4, 0.5) is 0 Å². The maximum atomic E-state index is 11.9. The highest BCUT2D eigenvalue weighted by Crippen LogP contribution is 2.26. The molecule has 0 fully saturated rings. The summed E-state index contributed by atoms with van der Waals surface area (Å²) in [6, 6.07) is 2.00. The van der Waals surface area contributed by atoms with Gasteiger partial charge in [0.1, 0.15) is 0 Å². The summed E-state index contributed by atoms with van der Waals surface area (Å²) in [6.45, 7) is 6.74. The van der Waals surface area contributed by atoms with Crippen molar-refractivity contribution in [2.45, 2.75) is 33.2 Å². The molecule has 0 unspecified atom stereocenters. The molecule has 0 bridgehead atoms. The molecule has 5 nitrogen and oxygen atoms in total. The second-order valence-corrected chi connectivity index (χ2v) is 6.40. The first kappa shape index (κ1) is 15.2. The molecule has 0 saturated heterocycles. The smallest absolute Gasteiger partial charge is 0.360 e. The predicted molar refractivity (Wildman–Crippen MR) is 81.2 cm³/mol. The Hall–Kier alpha value is -1.21. The summed E-state index contributed by atoms with van der Waals surface area (Å²) in [5.41, 5.74) is 1.12. The minimum Gasteiger partial charge on any atom is -0.461 e. The highest BCUT2D eigenvalue weighted by Gasteiger charge is 2.23. The first-order valence-electron chi connectivity index (χ1n) is 6.37. The number of hydrogen-bond donors (Lipinski definition) is 0. The Labute approximate surface area is 130 Å². The molecular formula is C13H16BrN3O2S. The van der Waals surface area contributed by atoms with Crippen LogP contribution in [0, 0.1) is 0 Å². The minimum atomic E-state index is -0.410. The monoisotopic (exact) mass is 357 g/mol. The lowest BCUT2D eigenvalue weighted by molar-refractivity contribution is 0.0517. The lowest BCUT2D eigenvalue weighted by Gasteiger charge is -2.10. The van der Waals surface area contributed by atoms with E-state index in [4.69, 9.17) is 4.74 Å². The van der Waals surface area contributed by atoms with Crippen LogP contribution in [0.5, 0.6) is 0 Å². The van der Waals surface area contributed by atoms with E-state index >= 15 is 0 Å². The first-order valence-corrected chi connectivity index (χ1v) is 8.04. The predicted octanol–water partition coefficient (Wildman–Crippen LogP) is 3.45. The van der Waals surface area contributed by atoms with E-state index in [1.165, 1.54) is 0 Å². The van der Waals surface area contributed by atoms with E-state index in [-0.39, 0.29) is 5.92 Å². The molecule has 0 radical (unpaired) electrons. The SMILES string of the molecule is CCOC(=O)c1nnn(Cc2sccc2Br)c1C(C)C. The maximum absolute atomic E-state index is 11.9. The zero-order valence-electron chi connectivity index (χ0n) is 11.6. The Kier molecular flexibility index (Phi) is 4.93. The molecule has 0 atom stereocenters. The van der Waals surface area contributed by atoms with Crippen molar-refractivity contribution in [2.24, 2.45) is 0 Å². The van der Waals surface area contributed by atoms with E-state index in [9.17, 15) is 4.79 Å². The average Bonchev–Trinajstić information content (AvgIpc) is 2.97. The van der Waals surface area contributed by atoms with Crippen LogP contribution in [-0.2, 0) is 11.3 Å². The Balaban J connectivity index is 2.34. The van der Waals surface area contributed by atoms with Crippen molar-refractivity contribution in [2.75, 3.05) is 6.61 Å². The molecule has 0 aromatic carbocycles. The van der Waals surface area contributed by atoms with E-state index in [1.807, 2.05) is 25.3 Å². The molecule has 20 heavy (non-hydrogen) atoms. The van der Waals surface area contributed by atoms with Gasteiger partial charge >= 0.3 is 5.97 Å². The Morgan fingerprint density at radius 3 is 2.85 bits per heavy atom. The number of esters is 1. The summed E-state index contributed by atoms with van der Waals surface area (Å²) < 4.78 is 7.85. The number of hydrogen-bond acceptors (Lipinski definition) is 5. The lowest BCUT2D eigenvalue weighted by Crippen LogP contribution is -2.12. The topological polar surface area (TPSA) is 57.0 Å². The zero-order valence-corrected chi connectivity index (χ0v) is 14.0. The summed E-state index contributed by atoms with van der Waals surface area (Å²) in [6.07, 6.45) is 0. The van der Waals surface area contributed by atoms with Gasteiger partial charge in [-0.1, -0.05) is 19.1 Å². The highest BCUT2D eigenvalue weighted by atomic mass is 79.9. The standard InChI is InChI=1S/C13H16BrN3O2S/c1-4-19-13(18)11-12(8(2)3)17(16-15-11)7-10-9(14)5-6-20-10/h5-6,8H,4,7H2,1-3H3. The van der Waals surface area contributed by atoms with Crippen molar-refractivity contribution in [1.29, 1.82) is 0 Å². The number of rotatable bonds is 5.